The number of nitrogens with one attached hydrogen (secondary N) is 1. The molecule has 23 heavy (non-hydrogen) atoms. The predicted octanol–water partition coefficient (Wildman–Crippen LogP) is 2.88. The number of nitrogens with zero attached hydrogens (tertiary/aromatic N) is 2. The molecule has 0 saturated carbocycles. The van der Waals surface area contributed by atoms with Gasteiger partial charge in [-0.25, -0.2) is 4.98 Å². The third-order valence-electron chi connectivity index (χ3n) is 4.76. The fourth-order valence-corrected chi connectivity index (χ4v) is 3.38. The van der Waals surface area contributed by atoms with E-state index in [4.69, 9.17) is 5.73 Å². The van der Waals surface area contributed by atoms with E-state index in [0.29, 0.717) is 6.54 Å². The first-order valence-corrected chi connectivity index (χ1v) is 8.54. The molecule has 1 aliphatic rings. The number of rotatable bonds is 6. The van der Waals surface area contributed by atoms with Gasteiger partial charge in [0, 0.05) is 13.0 Å². The van der Waals surface area contributed by atoms with Gasteiger partial charge in [-0.3, -0.25) is 4.79 Å². The second-order valence-corrected chi connectivity index (χ2v) is 6.90. The summed E-state index contributed by atoms with van der Waals surface area (Å²) in [6.07, 6.45) is 4.07. The molecule has 124 valence electrons. The minimum atomic E-state index is -0.477. The van der Waals surface area contributed by atoms with Crippen LogP contribution < -0.4 is 10.6 Å². The maximum absolute atomic E-state index is 12.8. The standard InChI is InChI=1S/C18H26N4O/c1-4-5-6-9-22-15-11-14-13(20-16(21-14)7-8-19)10-12(15)18(2,3)17(22)23/h10-11H,4-9,19H2,1-3H3,(H,20,21). The van der Waals surface area contributed by atoms with Gasteiger partial charge >= 0.3 is 0 Å². The number of benzene rings is 1. The van der Waals surface area contributed by atoms with Crippen LogP contribution in [0.15, 0.2) is 12.1 Å². The number of imidazole rings is 1. The first-order chi connectivity index (χ1) is 11.0. The second-order valence-electron chi connectivity index (χ2n) is 6.90. The molecule has 2 heterocycles. The maximum Gasteiger partial charge on any atom is 0.237 e. The number of fused-ring (bicyclic) bond motifs is 2. The number of aromatic nitrogens is 2. The summed E-state index contributed by atoms with van der Waals surface area (Å²) in [4.78, 5) is 22.7. The lowest BCUT2D eigenvalue weighted by atomic mass is 9.86. The van der Waals surface area contributed by atoms with Gasteiger partial charge in [0.25, 0.3) is 0 Å². The number of amides is 1. The van der Waals surface area contributed by atoms with Crippen molar-refractivity contribution in [1.29, 1.82) is 0 Å². The minimum absolute atomic E-state index is 0.193. The summed E-state index contributed by atoms with van der Waals surface area (Å²) < 4.78 is 0. The summed E-state index contributed by atoms with van der Waals surface area (Å²) in [5.74, 6) is 1.10. The Bertz CT molecular complexity index is 732. The van der Waals surface area contributed by atoms with Crippen LogP contribution in [0.3, 0.4) is 0 Å². The summed E-state index contributed by atoms with van der Waals surface area (Å²) in [5.41, 5.74) is 9.16. The lowest BCUT2D eigenvalue weighted by Gasteiger charge is -2.20. The average molecular weight is 314 g/mol. The monoisotopic (exact) mass is 314 g/mol. The van der Waals surface area contributed by atoms with Gasteiger partial charge in [0.05, 0.1) is 22.1 Å². The molecule has 1 aromatic carbocycles. The molecular formula is C18H26N4O. The lowest BCUT2D eigenvalue weighted by Crippen LogP contribution is -2.36. The number of H-pyrrole nitrogens is 1. The van der Waals surface area contributed by atoms with Crippen molar-refractivity contribution < 1.29 is 4.79 Å². The van der Waals surface area contributed by atoms with Crippen LogP contribution in [0.2, 0.25) is 0 Å². The number of unbranched alkanes of at least 4 members (excludes halogenated alkanes) is 2. The zero-order valence-electron chi connectivity index (χ0n) is 14.3. The molecule has 1 aromatic heterocycles. The van der Waals surface area contributed by atoms with E-state index in [0.717, 1.165) is 60.3 Å². The van der Waals surface area contributed by atoms with E-state index in [9.17, 15) is 4.79 Å². The Hall–Kier alpha value is -1.88. The largest absolute Gasteiger partial charge is 0.342 e. The van der Waals surface area contributed by atoms with E-state index in [1.807, 2.05) is 18.7 Å². The molecule has 2 aromatic rings. The molecule has 0 aliphatic carbocycles. The van der Waals surface area contributed by atoms with E-state index in [2.05, 4.69) is 29.0 Å². The number of hydrogen-bond acceptors (Lipinski definition) is 3. The normalized spacial score (nSPS) is 16.3. The van der Waals surface area contributed by atoms with E-state index in [1.165, 1.54) is 0 Å². The Labute approximate surface area is 137 Å². The fourth-order valence-electron chi connectivity index (χ4n) is 3.38. The average Bonchev–Trinajstić information content (AvgIpc) is 2.98. The minimum Gasteiger partial charge on any atom is -0.342 e. The number of aromatic amines is 1. The van der Waals surface area contributed by atoms with Crippen molar-refractivity contribution in [3.63, 3.8) is 0 Å². The summed E-state index contributed by atoms with van der Waals surface area (Å²) in [7, 11) is 0. The third-order valence-corrected chi connectivity index (χ3v) is 4.76. The molecule has 0 radical (unpaired) electrons. The summed E-state index contributed by atoms with van der Waals surface area (Å²) >= 11 is 0. The quantitative estimate of drug-likeness (QED) is 0.805. The van der Waals surface area contributed by atoms with Crippen LogP contribution in [0.25, 0.3) is 11.0 Å². The second kappa shape index (κ2) is 5.96. The van der Waals surface area contributed by atoms with Gasteiger partial charge < -0.3 is 15.6 Å². The molecule has 0 atom stereocenters. The van der Waals surface area contributed by atoms with Crippen LogP contribution in [0, 0.1) is 0 Å². The first kappa shape index (κ1) is 16.0. The van der Waals surface area contributed by atoms with Crippen LogP contribution in [0.5, 0.6) is 0 Å². The number of carbonyl (C=O) groups is 1. The molecule has 3 N–H and O–H groups in total. The lowest BCUT2D eigenvalue weighted by molar-refractivity contribution is -0.122. The van der Waals surface area contributed by atoms with E-state index >= 15 is 0 Å². The highest BCUT2D eigenvalue weighted by Crippen LogP contribution is 2.43. The van der Waals surface area contributed by atoms with Crippen molar-refractivity contribution in [1.82, 2.24) is 9.97 Å². The topological polar surface area (TPSA) is 75.0 Å². The summed E-state index contributed by atoms with van der Waals surface area (Å²) in [5, 5.41) is 0. The zero-order chi connectivity index (χ0) is 16.6. The number of anilines is 1. The highest BCUT2D eigenvalue weighted by Gasteiger charge is 2.43. The number of hydrogen-bond donors (Lipinski definition) is 2. The molecule has 0 spiro atoms. The van der Waals surface area contributed by atoms with Crippen molar-refractivity contribution in [3.05, 3.63) is 23.5 Å². The number of carbonyl (C=O) groups excluding carboxylic acids is 1. The molecule has 0 fully saturated rings. The van der Waals surface area contributed by atoms with Crippen molar-refractivity contribution >= 4 is 22.6 Å². The Morgan fingerprint density at radius 2 is 2.09 bits per heavy atom. The summed E-state index contributed by atoms with van der Waals surface area (Å²) in [6.45, 7) is 7.56. The van der Waals surface area contributed by atoms with Crippen LogP contribution in [0.1, 0.15) is 51.4 Å². The molecular weight excluding hydrogens is 288 g/mol. The van der Waals surface area contributed by atoms with E-state index < -0.39 is 5.41 Å². The van der Waals surface area contributed by atoms with Gasteiger partial charge in [-0.05, 0) is 44.5 Å². The van der Waals surface area contributed by atoms with Crippen LogP contribution in [-0.2, 0) is 16.6 Å². The molecule has 0 unspecified atom stereocenters. The van der Waals surface area contributed by atoms with Gasteiger partial charge in [0.15, 0.2) is 0 Å². The highest BCUT2D eigenvalue weighted by molar-refractivity contribution is 6.09. The van der Waals surface area contributed by atoms with Crippen molar-refractivity contribution in [3.8, 4) is 0 Å². The molecule has 0 bridgehead atoms. The molecule has 5 nitrogen and oxygen atoms in total. The summed E-state index contributed by atoms with van der Waals surface area (Å²) in [6, 6.07) is 4.15. The van der Waals surface area contributed by atoms with Gasteiger partial charge in [-0.2, -0.15) is 0 Å². The molecule has 1 amide bonds. The van der Waals surface area contributed by atoms with Crippen molar-refractivity contribution in [2.24, 2.45) is 5.73 Å². The van der Waals surface area contributed by atoms with Crippen molar-refractivity contribution in [2.45, 2.75) is 51.9 Å². The van der Waals surface area contributed by atoms with E-state index in [-0.39, 0.29) is 5.91 Å². The first-order valence-electron chi connectivity index (χ1n) is 8.54. The Morgan fingerprint density at radius 1 is 1.30 bits per heavy atom. The number of nitrogens with two attached hydrogens (primary N) is 1. The third kappa shape index (κ3) is 2.63. The smallest absolute Gasteiger partial charge is 0.237 e. The highest BCUT2D eigenvalue weighted by atomic mass is 16.2. The molecule has 0 saturated heterocycles. The van der Waals surface area contributed by atoms with Crippen LogP contribution in [-0.4, -0.2) is 29.0 Å². The molecule has 1 aliphatic heterocycles. The maximum atomic E-state index is 12.8. The zero-order valence-corrected chi connectivity index (χ0v) is 14.3. The Morgan fingerprint density at radius 3 is 2.78 bits per heavy atom. The van der Waals surface area contributed by atoms with Crippen molar-refractivity contribution in [2.75, 3.05) is 18.0 Å². The van der Waals surface area contributed by atoms with Crippen LogP contribution in [0.4, 0.5) is 5.69 Å². The van der Waals surface area contributed by atoms with Gasteiger partial charge in [-0.15, -0.1) is 0 Å². The van der Waals surface area contributed by atoms with Gasteiger partial charge in [0.1, 0.15) is 5.82 Å². The fraction of sp³-hybridized carbons (Fsp3) is 0.556. The predicted molar refractivity (Wildman–Crippen MR) is 93.8 cm³/mol. The van der Waals surface area contributed by atoms with Crippen LogP contribution >= 0.6 is 0 Å². The van der Waals surface area contributed by atoms with Gasteiger partial charge in [-0.1, -0.05) is 19.8 Å². The SMILES string of the molecule is CCCCCN1C(=O)C(C)(C)c2cc3[nH]c(CCN)nc3cc21. The van der Waals surface area contributed by atoms with Gasteiger partial charge in [0.2, 0.25) is 5.91 Å². The van der Waals surface area contributed by atoms with E-state index in [1.54, 1.807) is 0 Å². The Kier molecular flexibility index (Phi) is 4.15. The molecule has 3 rings (SSSR count). The molecule has 5 heteroatoms. The Balaban J connectivity index is 2.03.